The van der Waals surface area contributed by atoms with Crippen LogP contribution < -0.4 is 0 Å². The second kappa shape index (κ2) is 3.18. The summed E-state index contributed by atoms with van der Waals surface area (Å²) >= 11 is 16.8. The van der Waals surface area contributed by atoms with Gasteiger partial charge in [-0.1, -0.05) is 41.4 Å². The summed E-state index contributed by atoms with van der Waals surface area (Å²) < 4.78 is -1.19. The lowest BCUT2D eigenvalue weighted by molar-refractivity contribution is -0.113. The van der Waals surface area contributed by atoms with E-state index in [1.165, 1.54) is 6.08 Å². The van der Waals surface area contributed by atoms with Gasteiger partial charge in [-0.05, 0) is 17.7 Å². The first-order valence-corrected chi connectivity index (χ1v) is 4.10. The molecule has 1 nitrogen and oxygen atoms in total. The van der Waals surface area contributed by atoms with Gasteiger partial charge in [0.1, 0.15) is 0 Å². The van der Waals surface area contributed by atoms with Gasteiger partial charge in [0, 0.05) is 0 Å². The molecule has 0 spiro atoms. The third kappa shape index (κ3) is 1.98. The smallest absolute Gasteiger partial charge is 0.231 e. The Morgan fingerprint density at radius 1 is 1.36 bits per heavy atom. The highest BCUT2D eigenvalue weighted by Crippen LogP contribution is 2.36. The third-order valence-electron chi connectivity index (χ3n) is 1.39. The molecule has 0 amide bonds. The minimum Gasteiger partial charge on any atom is -0.281 e. The molecule has 0 aromatic rings. The van der Waals surface area contributed by atoms with Crippen LogP contribution in [0.2, 0.25) is 0 Å². The van der Waals surface area contributed by atoms with Gasteiger partial charge >= 0.3 is 0 Å². The Bertz CT molecular complexity index is 230. The van der Waals surface area contributed by atoms with Gasteiger partial charge in [0.2, 0.25) is 5.24 Å². The van der Waals surface area contributed by atoms with Gasteiger partial charge in [0.15, 0.2) is 4.33 Å². The fraction of sp³-hybridized carbons (Fsp3) is 0.286. The highest BCUT2D eigenvalue weighted by atomic mass is 35.5. The van der Waals surface area contributed by atoms with Gasteiger partial charge in [0.05, 0.1) is 5.92 Å². The van der Waals surface area contributed by atoms with E-state index in [1.54, 1.807) is 18.2 Å². The molecule has 0 radical (unpaired) electrons. The molecular formula is C7H5Cl3O. The zero-order chi connectivity index (χ0) is 8.48. The quantitative estimate of drug-likeness (QED) is 0.481. The highest BCUT2D eigenvalue weighted by molar-refractivity contribution is 6.66. The fourth-order valence-electron chi connectivity index (χ4n) is 0.818. The lowest BCUT2D eigenvalue weighted by atomic mass is 10.0. The van der Waals surface area contributed by atoms with E-state index in [9.17, 15) is 4.79 Å². The number of alkyl halides is 2. The molecule has 0 saturated heterocycles. The Morgan fingerprint density at radius 2 is 2.00 bits per heavy atom. The fourth-order valence-corrected chi connectivity index (χ4v) is 1.66. The van der Waals surface area contributed by atoms with Crippen molar-refractivity contribution >= 4 is 40.0 Å². The van der Waals surface area contributed by atoms with E-state index in [2.05, 4.69) is 0 Å². The average molecular weight is 211 g/mol. The van der Waals surface area contributed by atoms with Gasteiger partial charge in [-0.15, -0.1) is 0 Å². The monoisotopic (exact) mass is 210 g/mol. The zero-order valence-electron chi connectivity index (χ0n) is 5.43. The SMILES string of the molecule is O=C(Cl)C1C=CC=CC1(Cl)Cl. The molecule has 0 aromatic heterocycles. The molecule has 1 rings (SSSR count). The zero-order valence-corrected chi connectivity index (χ0v) is 7.70. The normalized spacial score (nSPS) is 27.0. The molecule has 0 bridgehead atoms. The number of carbonyl (C=O) groups excluding carboxylic acids is 1. The molecule has 1 aliphatic carbocycles. The summed E-state index contributed by atoms with van der Waals surface area (Å²) in [5.74, 6) is -0.641. The van der Waals surface area contributed by atoms with Crippen molar-refractivity contribution in [2.24, 2.45) is 5.92 Å². The summed E-state index contributed by atoms with van der Waals surface area (Å²) in [7, 11) is 0. The number of rotatable bonds is 1. The lowest BCUT2D eigenvalue weighted by Crippen LogP contribution is -2.27. The lowest BCUT2D eigenvalue weighted by Gasteiger charge is -2.22. The van der Waals surface area contributed by atoms with Gasteiger partial charge < -0.3 is 0 Å². The number of hydrogen-bond acceptors (Lipinski definition) is 1. The molecule has 0 fully saturated rings. The Kier molecular flexibility index (Phi) is 2.63. The standard InChI is InChI=1S/C7H5Cl3O/c8-6(11)5-3-1-2-4-7(5,9)10/h1-5H. The van der Waals surface area contributed by atoms with Crippen molar-refractivity contribution in [3.63, 3.8) is 0 Å². The van der Waals surface area contributed by atoms with Crippen molar-refractivity contribution in [3.05, 3.63) is 24.3 Å². The Labute approximate surface area is 79.6 Å². The Morgan fingerprint density at radius 3 is 2.36 bits per heavy atom. The Hall–Kier alpha value is 0.0200. The van der Waals surface area contributed by atoms with Crippen molar-refractivity contribution in [2.75, 3.05) is 0 Å². The van der Waals surface area contributed by atoms with E-state index >= 15 is 0 Å². The molecule has 1 aliphatic rings. The summed E-state index contributed by atoms with van der Waals surface area (Å²) in [5, 5.41) is -0.546. The highest BCUT2D eigenvalue weighted by Gasteiger charge is 2.36. The van der Waals surface area contributed by atoms with Crippen LogP contribution in [0, 0.1) is 5.92 Å². The number of allylic oxidation sites excluding steroid dienone is 4. The molecule has 0 N–H and O–H groups in total. The molecule has 0 heterocycles. The third-order valence-corrected chi connectivity index (χ3v) is 2.35. The van der Waals surface area contributed by atoms with Gasteiger partial charge in [-0.2, -0.15) is 0 Å². The minimum absolute atomic E-state index is 0.546. The van der Waals surface area contributed by atoms with Crippen LogP contribution in [0.5, 0.6) is 0 Å². The molecule has 1 unspecified atom stereocenters. The predicted octanol–water partition coefficient (Wildman–Crippen LogP) is 2.67. The molecule has 4 heteroatoms. The van der Waals surface area contributed by atoms with Crippen molar-refractivity contribution < 1.29 is 4.79 Å². The van der Waals surface area contributed by atoms with E-state index in [-0.39, 0.29) is 0 Å². The number of hydrogen-bond donors (Lipinski definition) is 0. The van der Waals surface area contributed by atoms with E-state index in [0.717, 1.165) is 0 Å². The summed E-state index contributed by atoms with van der Waals surface area (Å²) in [6.07, 6.45) is 6.47. The number of carbonyl (C=O) groups is 1. The second-order valence-corrected chi connectivity index (χ2v) is 4.02. The van der Waals surface area contributed by atoms with Gasteiger partial charge in [-0.3, -0.25) is 4.79 Å². The van der Waals surface area contributed by atoms with E-state index in [4.69, 9.17) is 34.8 Å². The van der Waals surface area contributed by atoms with Crippen molar-refractivity contribution in [1.82, 2.24) is 0 Å². The molecule has 1 atom stereocenters. The Balaban J connectivity index is 2.89. The maximum atomic E-state index is 10.7. The minimum atomic E-state index is -1.19. The van der Waals surface area contributed by atoms with Crippen molar-refractivity contribution in [1.29, 1.82) is 0 Å². The maximum absolute atomic E-state index is 10.7. The molecule has 0 aliphatic heterocycles. The van der Waals surface area contributed by atoms with Crippen LogP contribution in [0.1, 0.15) is 0 Å². The maximum Gasteiger partial charge on any atom is 0.231 e. The molecule has 0 saturated carbocycles. The molecular weight excluding hydrogens is 206 g/mol. The van der Waals surface area contributed by atoms with Crippen LogP contribution in [0.15, 0.2) is 24.3 Å². The van der Waals surface area contributed by atoms with Crippen LogP contribution in [0.3, 0.4) is 0 Å². The summed E-state index contributed by atoms with van der Waals surface area (Å²) in [5.41, 5.74) is 0. The average Bonchev–Trinajstić information content (AvgIpc) is 1.85. The van der Waals surface area contributed by atoms with Crippen LogP contribution in [0.25, 0.3) is 0 Å². The van der Waals surface area contributed by atoms with Crippen molar-refractivity contribution in [3.8, 4) is 0 Å². The predicted molar refractivity (Wildman–Crippen MR) is 47.1 cm³/mol. The summed E-state index contributed by atoms with van der Waals surface area (Å²) in [4.78, 5) is 10.7. The largest absolute Gasteiger partial charge is 0.281 e. The first kappa shape index (κ1) is 9.11. The van der Waals surface area contributed by atoms with Crippen LogP contribution >= 0.6 is 34.8 Å². The van der Waals surface area contributed by atoms with Gasteiger partial charge in [-0.25, -0.2) is 0 Å². The number of halogens is 3. The van der Waals surface area contributed by atoms with Crippen LogP contribution in [-0.4, -0.2) is 9.58 Å². The summed E-state index contributed by atoms with van der Waals surface area (Å²) in [6.45, 7) is 0. The van der Waals surface area contributed by atoms with Crippen LogP contribution in [-0.2, 0) is 4.79 Å². The molecule has 11 heavy (non-hydrogen) atoms. The summed E-state index contributed by atoms with van der Waals surface area (Å²) in [6, 6.07) is 0. The first-order valence-electron chi connectivity index (χ1n) is 2.97. The van der Waals surface area contributed by atoms with E-state index in [1.807, 2.05) is 0 Å². The molecule has 60 valence electrons. The van der Waals surface area contributed by atoms with E-state index < -0.39 is 15.5 Å². The molecule has 0 aromatic carbocycles. The second-order valence-electron chi connectivity index (χ2n) is 2.20. The topological polar surface area (TPSA) is 17.1 Å². The van der Waals surface area contributed by atoms with Gasteiger partial charge in [0.25, 0.3) is 0 Å². The van der Waals surface area contributed by atoms with Crippen LogP contribution in [0.4, 0.5) is 0 Å². The van der Waals surface area contributed by atoms with Crippen molar-refractivity contribution in [2.45, 2.75) is 4.33 Å². The first-order chi connectivity index (χ1) is 5.04. The van der Waals surface area contributed by atoms with E-state index in [0.29, 0.717) is 0 Å².